The summed E-state index contributed by atoms with van der Waals surface area (Å²) in [5.41, 5.74) is -0.316. The maximum absolute atomic E-state index is 11.6. The fourth-order valence-electron chi connectivity index (χ4n) is 0.952. The van der Waals surface area contributed by atoms with Crippen LogP contribution in [0.2, 0.25) is 0 Å². The molecule has 0 aromatic carbocycles. The van der Waals surface area contributed by atoms with Crippen molar-refractivity contribution in [1.29, 1.82) is 0 Å². The second-order valence-corrected chi connectivity index (χ2v) is 4.60. The highest BCUT2D eigenvalue weighted by Gasteiger charge is 2.25. The highest BCUT2D eigenvalue weighted by atomic mass is 16.3. The van der Waals surface area contributed by atoms with Crippen LogP contribution in [0.4, 0.5) is 0 Å². The Morgan fingerprint density at radius 2 is 2.00 bits per heavy atom. The predicted molar refractivity (Wildman–Crippen MR) is 58.3 cm³/mol. The Morgan fingerprint density at radius 3 is 2.36 bits per heavy atom. The van der Waals surface area contributed by atoms with Crippen LogP contribution in [0.3, 0.4) is 0 Å². The molecule has 1 atom stereocenters. The molecule has 0 saturated carbocycles. The third-order valence-corrected chi connectivity index (χ3v) is 2.98. The topological polar surface area (TPSA) is 40.5 Å². The van der Waals surface area contributed by atoms with Gasteiger partial charge in [0, 0.05) is 11.5 Å². The number of Topliss-reactive ketones (excluding diaryl/α,β-unsaturated/α-hetero) is 1. The summed E-state index contributed by atoms with van der Waals surface area (Å²) in [4.78, 5) is 13.5. The van der Waals surface area contributed by atoms with E-state index < -0.39 is 0 Å². The number of carbonyl (C=O) groups excluding carboxylic acids is 1. The van der Waals surface area contributed by atoms with Gasteiger partial charge in [-0.3, -0.25) is 9.69 Å². The van der Waals surface area contributed by atoms with Crippen molar-refractivity contribution in [3.8, 4) is 0 Å². The number of carbonyl (C=O) groups is 1. The van der Waals surface area contributed by atoms with Crippen molar-refractivity contribution in [2.24, 2.45) is 5.92 Å². The van der Waals surface area contributed by atoms with Crippen molar-refractivity contribution >= 4 is 5.78 Å². The highest BCUT2D eigenvalue weighted by molar-refractivity contribution is 5.82. The van der Waals surface area contributed by atoms with Gasteiger partial charge in [-0.25, -0.2) is 0 Å². The number of hydrogen-bond acceptors (Lipinski definition) is 3. The van der Waals surface area contributed by atoms with E-state index >= 15 is 0 Å². The SMILES string of the molecule is CCC(C)C(=O)CN(C)C(C)(C)CO. The van der Waals surface area contributed by atoms with Gasteiger partial charge >= 0.3 is 0 Å². The quantitative estimate of drug-likeness (QED) is 0.704. The van der Waals surface area contributed by atoms with Gasteiger partial charge < -0.3 is 5.11 Å². The van der Waals surface area contributed by atoms with Crippen LogP contribution >= 0.6 is 0 Å². The average molecular weight is 201 g/mol. The molecule has 84 valence electrons. The van der Waals surface area contributed by atoms with Gasteiger partial charge in [0.15, 0.2) is 0 Å². The molecule has 14 heavy (non-hydrogen) atoms. The fourth-order valence-corrected chi connectivity index (χ4v) is 0.952. The molecule has 3 heteroatoms. The molecule has 0 radical (unpaired) electrons. The Kier molecular flexibility index (Phi) is 5.31. The molecule has 0 rings (SSSR count). The van der Waals surface area contributed by atoms with E-state index in [-0.39, 0.29) is 23.8 Å². The van der Waals surface area contributed by atoms with Gasteiger partial charge in [-0.05, 0) is 27.3 Å². The maximum atomic E-state index is 11.6. The molecule has 0 fully saturated rings. The summed E-state index contributed by atoms with van der Waals surface area (Å²) in [6.45, 7) is 8.30. The van der Waals surface area contributed by atoms with Gasteiger partial charge in [0.2, 0.25) is 0 Å². The van der Waals surface area contributed by atoms with E-state index in [4.69, 9.17) is 5.11 Å². The van der Waals surface area contributed by atoms with Gasteiger partial charge in [-0.1, -0.05) is 13.8 Å². The van der Waals surface area contributed by atoms with E-state index in [0.717, 1.165) is 6.42 Å². The Labute approximate surface area is 87.1 Å². The normalized spacial score (nSPS) is 14.5. The lowest BCUT2D eigenvalue weighted by atomic mass is 10.00. The zero-order chi connectivity index (χ0) is 11.4. The number of likely N-dealkylation sites (N-methyl/N-ethyl adjacent to an activating group) is 1. The lowest BCUT2D eigenvalue weighted by Gasteiger charge is -2.33. The van der Waals surface area contributed by atoms with Crippen LogP contribution in [0.5, 0.6) is 0 Å². The molecular formula is C11H23NO2. The lowest BCUT2D eigenvalue weighted by Crippen LogP contribution is -2.47. The molecule has 0 aromatic heterocycles. The van der Waals surface area contributed by atoms with Gasteiger partial charge in [0.25, 0.3) is 0 Å². The van der Waals surface area contributed by atoms with Crippen LogP contribution in [0.25, 0.3) is 0 Å². The number of aliphatic hydroxyl groups excluding tert-OH is 1. The van der Waals surface area contributed by atoms with E-state index in [2.05, 4.69) is 0 Å². The molecule has 0 aromatic rings. The van der Waals surface area contributed by atoms with Crippen molar-refractivity contribution in [2.45, 2.75) is 39.7 Å². The van der Waals surface area contributed by atoms with E-state index in [1.165, 1.54) is 0 Å². The summed E-state index contributed by atoms with van der Waals surface area (Å²) in [6.07, 6.45) is 0.881. The number of hydrogen-bond donors (Lipinski definition) is 1. The largest absolute Gasteiger partial charge is 0.394 e. The number of aliphatic hydroxyl groups is 1. The van der Waals surface area contributed by atoms with Gasteiger partial charge in [-0.2, -0.15) is 0 Å². The first-order valence-corrected chi connectivity index (χ1v) is 5.20. The van der Waals surface area contributed by atoms with Gasteiger partial charge in [-0.15, -0.1) is 0 Å². The lowest BCUT2D eigenvalue weighted by molar-refractivity contribution is -0.124. The van der Waals surface area contributed by atoms with Crippen molar-refractivity contribution in [3.63, 3.8) is 0 Å². The number of ketones is 1. The maximum Gasteiger partial charge on any atom is 0.149 e. The van der Waals surface area contributed by atoms with Crippen molar-refractivity contribution in [1.82, 2.24) is 4.90 Å². The minimum Gasteiger partial charge on any atom is -0.394 e. The number of nitrogens with zero attached hydrogens (tertiary/aromatic N) is 1. The molecule has 0 aliphatic carbocycles. The Hall–Kier alpha value is -0.410. The van der Waals surface area contributed by atoms with Gasteiger partial charge in [0.1, 0.15) is 5.78 Å². The minimum atomic E-state index is -0.316. The molecule has 1 N–H and O–H groups in total. The van der Waals surface area contributed by atoms with Crippen molar-refractivity contribution < 1.29 is 9.90 Å². The predicted octanol–water partition coefficient (Wildman–Crippen LogP) is 1.30. The molecule has 3 nitrogen and oxygen atoms in total. The molecule has 0 bridgehead atoms. The number of rotatable bonds is 6. The molecular weight excluding hydrogens is 178 g/mol. The fraction of sp³-hybridized carbons (Fsp3) is 0.909. The third-order valence-electron chi connectivity index (χ3n) is 2.98. The van der Waals surface area contributed by atoms with Gasteiger partial charge in [0.05, 0.1) is 13.2 Å². The van der Waals surface area contributed by atoms with Crippen LogP contribution < -0.4 is 0 Å². The van der Waals surface area contributed by atoms with Crippen molar-refractivity contribution in [2.75, 3.05) is 20.2 Å². The molecule has 0 amide bonds. The molecule has 0 heterocycles. The summed E-state index contributed by atoms with van der Waals surface area (Å²) in [7, 11) is 1.87. The van der Waals surface area contributed by atoms with Crippen LogP contribution in [0.1, 0.15) is 34.1 Å². The first-order valence-electron chi connectivity index (χ1n) is 5.20. The standard InChI is InChI=1S/C11H23NO2/c1-6-9(2)10(14)7-12(5)11(3,4)8-13/h9,13H,6-8H2,1-5H3. The van der Waals surface area contributed by atoms with E-state index in [1.807, 2.05) is 39.6 Å². The van der Waals surface area contributed by atoms with Crippen molar-refractivity contribution in [3.05, 3.63) is 0 Å². The summed E-state index contributed by atoms with van der Waals surface area (Å²) in [5.74, 6) is 0.364. The average Bonchev–Trinajstić information content (AvgIpc) is 2.16. The minimum absolute atomic E-state index is 0.0668. The van der Waals surface area contributed by atoms with E-state index in [0.29, 0.717) is 6.54 Å². The Bertz CT molecular complexity index is 190. The summed E-state index contributed by atoms with van der Waals surface area (Å²) in [6, 6.07) is 0. The van der Waals surface area contributed by atoms with Crippen LogP contribution in [-0.4, -0.2) is 41.5 Å². The van der Waals surface area contributed by atoms with Crippen LogP contribution in [0, 0.1) is 5.92 Å². The smallest absolute Gasteiger partial charge is 0.149 e. The first-order chi connectivity index (χ1) is 6.35. The molecule has 0 spiro atoms. The van der Waals surface area contributed by atoms with Crippen LogP contribution in [-0.2, 0) is 4.79 Å². The zero-order valence-corrected chi connectivity index (χ0v) is 10.0. The second kappa shape index (κ2) is 5.47. The van der Waals surface area contributed by atoms with E-state index in [1.54, 1.807) is 0 Å². The second-order valence-electron chi connectivity index (χ2n) is 4.60. The summed E-state index contributed by atoms with van der Waals surface area (Å²) < 4.78 is 0. The Morgan fingerprint density at radius 1 is 1.50 bits per heavy atom. The molecule has 0 aliphatic heterocycles. The molecule has 0 aliphatic rings. The highest BCUT2D eigenvalue weighted by Crippen LogP contribution is 2.12. The summed E-state index contributed by atoms with van der Waals surface area (Å²) in [5, 5.41) is 9.12. The summed E-state index contributed by atoms with van der Waals surface area (Å²) >= 11 is 0. The van der Waals surface area contributed by atoms with Crippen LogP contribution in [0.15, 0.2) is 0 Å². The molecule has 0 saturated heterocycles. The zero-order valence-electron chi connectivity index (χ0n) is 10.0. The Balaban J connectivity index is 4.19. The molecule has 1 unspecified atom stereocenters. The first kappa shape index (κ1) is 13.6. The monoisotopic (exact) mass is 201 g/mol. The third kappa shape index (κ3) is 3.76. The van der Waals surface area contributed by atoms with E-state index in [9.17, 15) is 4.79 Å².